The number of aromatic nitrogens is 2. The molecule has 2 amide bonds. The minimum Gasteiger partial charge on any atom is -0.480 e. The number of amides is 2. The van der Waals surface area contributed by atoms with Gasteiger partial charge in [0.15, 0.2) is 0 Å². The lowest BCUT2D eigenvalue weighted by Crippen LogP contribution is -2.50. The number of non-ortho nitro benzene ring substituents is 1. The number of thiol groups is 1. The van der Waals surface area contributed by atoms with Gasteiger partial charge in [0.1, 0.15) is 30.3 Å². The fourth-order valence-electron chi connectivity index (χ4n) is 2.86. The first kappa shape index (κ1) is 31.1. The van der Waals surface area contributed by atoms with Crippen LogP contribution in [0.5, 0.6) is 0 Å². The Labute approximate surface area is 228 Å². The van der Waals surface area contributed by atoms with Crippen LogP contribution in [0.15, 0.2) is 41.0 Å². The lowest BCUT2D eigenvalue weighted by molar-refractivity contribution is -0.384. The predicted octanol–water partition coefficient (Wildman–Crippen LogP) is -0.0433. The lowest BCUT2D eigenvalue weighted by atomic mass is 10.1. The Kier molecular flexibility index (Phi) is 11.4. The second-order valence-electron chi connectivity index (χ2n) is 7.47. The maximum Gasteiger partial charge on any atom is 0.345 e. The largest absolute Gasteiger partial charge is 0.480 e. The van der Waals surface area contributed by atoms with Gasteiger partial charge in [-0.25, -0.2) is 9.42 Å². The van der Waals surface area contributed by atoms with Gasteiger partial charge in [-0.05, 0) is 40.1 Å². The van der Waals surface area contributed by atoms with Crippen molar-refractivity contribution in [1.82, 2.24) is 20.9 Å². The number of benzene rings is 2. The first-order valence-electron chi connectivity index (χ1n) is 10.9. The van der Waals surface area contributed by atoms with Gasteiger partial charge in [0.2, 0.25) is 17.3 Å². The molecule has 0 unspecified atom stereocenters. The molecule has 0 saturated heterocycles. The number of aliphatic carboxylic acids is 1. The number of nitrogens with two attached hydrogens (primary N) is 1. The van der Waals surface area contributed by atoms with E-state index in [1.807, 2.05) is 0 Å². The van der Waals surface area contributed by atoms with Gasteiger partial charge in [-0.3, -0.25) is 34.6 Å². The van der Waals surface area contributed by atoms with Crippen molar-refractivity contribution in [1.29, 1.82) is 0 Å². The number of carboxylic acid groups (broad SMARTS) is 1. The second-order valence-corrected chi connectivity index (χ2v) is 7.83. The first-order valence-corrected chi connectivity index (χ1v) is 11.5. The summed E-state index contributed by atoms with van der Waals surface area (Å²) in [5, 5.41) is 41.5. The fraction of sp³-hybridized carbons (Fsp3) is 0.238. The van der Waals surface area contributed by atoms with Gasteiger partial charge in [-0.1, -0.05) is 0 Å². The SMILES string of the molecule is NCC(=O)N[C@@H](CS)C(=O)NCC(=O)O.O=C(OCc1ccc([N+](=O)[O-])cc1)c1ccc2nonc2c1[N+](=O)[O-]. The number of carbonyl (C=O) groups is 4. The highest BCUT2D eigenvalue weighted by Crippen LogP contribution is 2.28. The summed E-state index contributed by atoms with van der Waals surface area (Å²) >= 11 is 3.85. The highest BCUT2D eigenvalue weighted by atomic mass is 32.1. The molecule has 3 rings (SSSR count). The number of hydrogen-bond acceptors (Lipinski definition) is 14. The number of ether oxygens (including phenoxy) is 1. The second kappa shape index (κ2) is 14.7. The van der Waals surface area contributed by atoms with E-state index in [2.05, 4.69) is 38.2 Å². The highest BCUT2D eigenvalue weighted by Gasteiger charge is 2.28. The average Bonchev–Trinajstić information content (AvgIpc) is 3.41. The smallest absolute Gasteiger partial charge is 0.345 e. The molecule has 0 aliphatic carbocycles. The van der Waals surface area contributed by atoms with Crippen molar-refractivity contribution in [2.24, 2.45) is 5.73 Å². The third-order valence-corrected chi connectivity index (χ3v) is 5.12. The molecule has 19 heteroatoms. The number of nitro benzene ring substituents is 2. The van der Waals surface area contributed by atoms with Crippen LogP contribution in [0.1, 0.15) is 15.9 Å². The van der Waals surface area contributed by atoms with Gasteiger partial charge in [0.25, 0.3) is 5.69 Å². The van der Waals surface area contributed by atoms with Crippen molar-refractivity contribution in [2.75, 3.05) is 18.8 Å². The van der Waals surface area contributed by atoms with Crippen molar-refractivity contribution in [2.45, 2.75) is 12.6 Å². The number of carboxylic acids is 1. The molecule has 5 N–H and O–H groups in total. The first-order chi connectivity index (χ1) is 19.0. The fourth-order valence-corrected chi connectivity index (χ4v) is 3.12. The van der Waals surface area contributed by atoms with Gasteiger partial charge in [0, 0.05) is 17.9 Å². The maximum atomic E-state index is 12.2. The van der Waals surface area contributed by atoms with Gasteiger partial charge in [0.05, 0.1) is 16.4 Å². The number of hydrogen-bond donors (Lipinski definition) is 5. The third kappa shape index (κ3) is 8.70. The van der Waals surface area contributed by atoms with Crippen LogP contribution in [0.25, 0.3) is 11.0 Å². The molecule has 18 nitrogen and oxygen atoms in total. The summed E-state index contributed by atoms with van der Waals surface area (Å²) in [5.41, 5.74) is 4.55. The zero-order valence-corrected chi connectivity index (χ0v) is 21.1. The molecule has 1 aromatic heterocycles. The number of nitro groups is 2. The van der Waals surface area contributed by atoms with E-state index in [4.69, 9.17) is 15.6 Å². The summed E-state index contributed by atoms with van der Waals surface area (Å²) in [6.07, 6.45) is 0. The van der Waals surface area contributed by atoms with E-state index >= 15 is 0 Å². The zero-order chi connectivity index (χ0) is 29.8. The van der Waals surface area contributed by atoms with Crippen molar-refractivity contribution < 1.29 is 43.5 Å². The molecule has 0 fully saturated rings. The summed E-state index contributed by atoms with van der Waals surface area (Å²) in [6, 6.07) is 7.04. The van der Waals surface area contributed by atoms with E-state index in [0.717, 1.165) is 0 Å². The predicted molar refractivity (Wildman–Crippen MR) is 136 cm³/mol. The Morgan fingerprint density at radius 3 is 2.30 bits per heavy atom. The van der Waals surface area contributed by atoms with Crippen molar-refractivity contribution in [3.05, 3.63) is 67.8 Å². The Morgan fingerprint density at radius 2 is 1.75 bits per heavy atom. The Hall–Kier alpha value is -5.17. The number of carbonyl (C=O) groups excluding carboxylic acids is 3. The van der Waals surface area contributed by atoms with Crippen LogP contribution in [-0.4, -0.2) is 73.9 Å². The molecule has 0 bridgehead atoms. The molecule has 0 radical (unpaired) electrons. The van der Waals surface area contributed by atoms with Crippen molar-refractivity contribution >= 4 is 58.8 Å². The van der Waals surface area contributed by atoms with E-state index in [1.54, 1.807) is 0 Å². The van der Waals surface area contributed by atoms with Crippen LogP contribution in [0.4, 0.5) is 11.4 Å². The van der Waals surface area contributed by atoms with Crippen LogP contribution in [0.2, 0.25) is 0 Å². The van der Waals surface area contributed by atoms with E-state index < -0.39 is 51.9 Å². The minimum absolute atomic E-state index is 0.0667. The third-order valence-electron chi connectivity index (χ3n) is 4.75. The quantitative estimate of drug-likeness (QED) is 0.0863. The van der Waals surface area contributed by atoms with Crippen molar-refractivity contribution in [3.63, 3.8) is 0 Å². The Bertz CT molecular complexity index is 1410. The van der Waals surface area contributed by atoms with Crippen LogP contribution < -0.4 is 16.4 Å². The van der Waals surface area contributed by atoms with Gasteiger partial charge < -0.3 is 26.2 Å². The molecular formula is C21H21N7O11S. The molecule has 2 aromatic carbocycles. The molecule has 0 saturated carbocycles. The summed E-state index contributed by atoms with van der Waals surface area (Å²) in [6.45, 7) is -0.943. The lowest BCUT2D eigenvalue weighted by Gasteiger charge is -2.14. The van der Waals surface area contributed by atoms with E-state index in [-0.39, 0.29) is 41.2 Å². The van der Waals surface area contributed by atoms with Crippen LogP contribution in [0.3, 0.4) is 0 Å². The number of nitrogens with one attached hydrogen (secondary N) is 2. The molecule has 0 spiro atoms. The number of rotatable bonds is 11. The number of nitrogens with zero attached hydrogens (tertiary/aromatic N) is 4. The standard InChI is InChI=1S/C14H8N4O7.C7H13N3O4S/c19-14(24-7-8-1-3-9(4-2-8)17(20)21)10-5-6-11-12(16-25-15-11)13(10)18(22)23;8-1-5(11)10-4(3-15)7(14)9-2-6(12)13/h1-6H,7H2;4,15H,1-3,8H2,(H,9,14)(H,10,11)(H,12,13)/t;4-/m.0/s1. The summed E-state index contributed by atoms with van der Waals surface area (Å²) in [5.74, 6) is -3.13. The van der Waals surface area contributed by atoms with Gasteiger partial charge in [-0.15, -0.1) is 0 Å². The molecule has 212 valence electrons. The number of fused-ring (bicyclic) bond motifs is 1. The highest BCUT2D eigenvalue weighted by molar-refractivity contribution is 7.80. The van der Waals surface area contributed by atoms with Crippen molar-refractivity contribution in [3.8, 4) is 0 Å². The molecule has 1 heterocycles. The molecule has 1 atom stereocenters. The Balaban J connectivity index is 0.000000323. The zero-order valence-electron chi connectivity index (χ0n) is 20.2. The van der Waals surface area contributed by atoms with E-state index in [1.165, 1.54) is 36.4 Å². The van der Waals surface area contributed by atoms with Gasteiger partial charge >= 0.3 is 17.6 Å². The molecule has 3 aromatic rings. The molecule has 0 aliphatic heterocycles. The summed E-state index contributed by atoms with van der Waals surface area (Å²) in [7, 11) is 0. The molecular weight excluding hydrogens is 558 g/mol. The van der Waals surface area contributed by atoms with E-state index in [9.17, 15) is 39.4 Å². The van der Waals surface area contributed by atoms with Crippen LogP contribution in [0, 0.1) is 20.2 Å². The minimum atomic E-state index is -1.16. The molecule has 40 heavy (non-hydrogen) atoms. The van der Waals surface area contributed by atoms with E-state index in [0.29, 0.717) is 5.56 Å². The summed E-state index contributed by atoms with van der Waals surface area (Å²) < 4.78 is 9.48. The summed E-state index contributed by atoms with van der Waals surface area (Å²) in [4.78, 5) is 64.9. The molecule has 0 aliphatic rings. The van der Waals surface area contributed by atoms with Crippen LogP contribution >= 0.6 is 12.6 Å². The normalized spacial score (nSPS) is 10.9. The topological polar surface area (TPSA) is 273 Å². The number of esters is 1. The Morgan fingerprint density at radius 1 is 1.07 bits per heavy atom. The average molecular weight is 580 g/mol. The maximum absolute atomic E-state index is 12.2. The van der Waals surface area contributed by atoms with Crippen LogP contribution in [-0.2, 0) is 25.7 Å². The monoisotopic (exact) mass is 579 g/mol. The van der Waals surface area contributed by atoms with Gasteiger partial charge in [-0.2, -0.15) is 12.6 Å².